The van der Waals surface area contributed by atoms with Gasteiger partial charge in [0.2, 0.25) is 5.88 Å². The Balaban J connectivity index is 2.24. The molecule has 0 aliphatic rings. The fourth-order valence-corrected chi connectivity index (χ4v) is 2.39. The van der Waals surface area contributed by atoms with Gasteiger partial charge in [-0.1, -0.05) is 6.07 Å². The Hall–Kier alpha value is -3.47. The van der Waals surface area contributed by atoms with Crippen LogP contribution >= 0.6 is 0 Å². The average Bonchev–Trinajstić information content (AvgIpc) is 2.65. The lowest BCUT2D eigenvalue weighted by atomic mass is 9.94. The Morgan fingerprint density at radius 3 is 2.67 bits per heavy atom. The van der Waals surface area contributed by atoms with Gasteiger partial charge in [0.1, 0.15) is 18.3 Å². The molecule has 1 atom stereocenters. The molecule has 3 N–H and O–H groups in total. The number of rotatable bonds is 6. The smallest absolute Gasteiger partial charge is 0.329 e. The summed E-state index contributed by atoms with van der Waals surface area (Å²) in [6, 6.07) is 7.87. The Morgan fingerprint density at radius 2 is 2.15 bits per heavy atom. The molecule has 1 aromatic carbocycles. The molecule has 0 spiro atoms. The van der Waals surface area contributed by atoms with Crippen LogP contribution < -0.4 is 10.5 Å². The van der Waals surface area contributed by atoms with Crippen LogP contribution in [0.3, 0.4) is 0 Å². The van der Waals surface area contributed by atoms with Crippen LogP contribution in [-0.2, 0) is 9.53 Å². The number of amidine groups is 1. The number of nitrogens with one attached hydrogen (secondary N) is 1. The molecule has 0 radical (unpaired) electrons. The molecule has 140 valence electrons. The minimum absolute atomic E-state index is 0.0305. The van der Waals surface area contributed by atoms with E-state index in [4.69, 9.17) is 15.9 Å². The third-order valence-electron chi connectivity index (χ3n) is 4.05. The number of carbonyl (C=O) groups is 1. The maximum absolute atomic E-state index is 14.1. The van der Waals surface area contributed by atoms with Gasteiger partial charge in [-0.2, -0.15) is 5.26 Å². The number of nitrogens with zero attached hydrogens (tertiary/aromatic N) is 2. The maximum atomic E-state index is 14.1. The van der Waals surface area contributed by atoms with E-state index < -0.39 is 17.2 Å². The highest BCUT2D eigenvalue weighted by atomic mass is 19.1. The predicted octanol–water partition coefficient (Wildman–Crippen LogP) is 2.56. The number of benzene rings is 1. The highest BCUT2D eigenvalue weighted by Gasteiger charge is 2.36. The van der Waals surface area contributed by atoms with Gasteiger partial charge in [0.15, 0.2) is 5.41 Å². The quantitative estimate of drug-likeness (QED) is 0.458. The van der Waals surface area contributed by atoms with Crippen molar-refractivity contribution in [2.75, 3.05) is 13.7 Å². The van der Waals surface area contributed by atoms with Gasteiger partial charge >= 0.3 is 5.97 Å². The van der Waals surface area contributed by atoms with E-state index in [0.717, 1.165) is 5.56 Å². The number of methoxy groups -OCH3 is 1. The number of nitriles is 1. The number of ether oxygens (including phenoxy) is 2. The number of hydrogen-bond donors (Lipinski definition) is 2. The fraction of sp³-hybridized carbons (Fsp3) is 0.263. The molecule has 1 unspecified atom stereocenters. The number of pyridine rings is 1. The van der Waals surface area contributed by atoms with Gasteiger partial charge in [0.05, 0.1) is 18.7 Å². The van der Waals surface area contributed by atoms with Crippen molar-refractivity contribution in [2.45, 2.75) is 13.8 Å². The van der Waals surface area contributed by atoms with Crippen molar-refractivity contribution in [3.8, 4) is 23.1 Å². The van der Waals surface area contributed by atoms with E-state index in [0.29, 0.717) is 11.1 Å². The number of nitrogen functional groups attached to an aromatic ring is 1. The zero-order valence-electron chi connectivity index (χ0n) is 15.2. The maximum Gasteiger partial charge on any atom is 0.329 e. The van der Waals surface area contributed by atoms with E-state index in [-0.39, 0.29) is 23.9 Å². The Morgan fingerprint density at radius 1 is 1.44 bits per heavy atom. The summed E-state index contributed by atoms with van der Waals surface area (Å²) in [6.45, 7) is 2.99. The van der Waals surface area contributed by atoms with E-state index in [1.807, 2.05) is 6.07 Å². The van der Waals surface area contributed by atoms with Crippen molar-refractivity contribution in [3.63, 3.8) is 0 Å². The number of halogens is 1. The SMILES string of the molecule is COC(=O)C(C)(C#N)COc1cc(C)c(-c2ccc(C(=N)N)c(F)c2)cn1. The summed E-state index contributed by atoms with van der Waals surface area (Å²) in [5.74, 6) is -1.41. The van der Waals surface area contributed by atoms with E-state index in [2.05, 4.69) is 9.72 Å². The Bertz CT molecular complexity index is 939. The summed E-state index contributed by atoms with van der Waals surface area (Å²) in [7, 11) is 1.20. The molecule has 2 rings (SSSR count). The zero-order valence-corrected chi connectivity index (χ0v) is 15.2. The summed E-state index contributed by atoms with van der Waals surface area (Å²) >= 11 is 0. The molecule has 0 aliphatic heterocycles. The first kappa shape index (κ1) is 19.8. The largest absolute Gasteiger partial charge is 0.475 e. The fourth-order valence-electron chi connectivity index (χ4n) is 2.39. The molecule has 27 heavy (non-hydrogen) atoms. The van der Waals surface area contributed by atoms with Gasteiger partial charge in [-0.25, -0.2) is 9.37 Å². The van der Waals surface area contributed by atoms with Crippen molar-refractivity contribution >= 4 is 11.8 Å². The van der Waals surface area contributed by atoms with Crippen molar-refractivity contribution in [1.82, 2.24) is 4.98 Å². The van der Waals surface area contributed by atoms with Gasteiger partial charge in [-0.05, 0) is 37.1 Å². The third kappa shape index (κ3) is 4.20. The second-order valence-electron chi connectivity index (χ2n) is 6.17. The number of aromatic nitrogens is 1. The van der Waals surface area contributed by atoms with Gasteiger partial charge in [-0.15, -0.1) is 0 Å². The van der Waals surface area contributed by atoms with E-state index in [1.165, 1.54) is 32.4 Å². The molecule has 8 heteroatoms. The molecule has 0 fully saturated rings. The first-order chi connectivity index (χ1) is 12.7. The molecule has 7 nitrogen and oxygen atoms in total. The molecule has 0 saturated carbocycles. The number of esters is 1. The van der Waals surface area contributed by atoms with Gasteiger partial charge < -0.3 is 15.2 Å². The van der Waals surface area contributed by atoms with Crippen LogP contribution in [0.5, 0.6) is 5.88 Å². The predicted molar refractivity (Wildman–Crippen MR) is 96.6 cm³/mol. The third-order valence-corrected chi connectivity index (χ3v) is 4.05. The number of aryl methyl sites for hydroxylation is 1. The molecule has 2 aromatic rings. The first-order valence-electron chi connectivity index (χ1n) is 7.95. The summed E-state index contributed by atoms with van der Waals surface area (Å²) in [5, 5.41) is 16.5. The van der Waals surface area contributed by atoms with Crippen molar-refractivity contribution < 1.29 is 18.7 Å². The molecule has 0 saturated heterocycles. The number of nitrogens with two attached hydrogens (primary N) is 1. The Kier molecular flexibility index (Phi) is 5.75. The second-order valence-corrected chi connectivity index (χ2v) is 6.17. The monoisotopic (exact) mass is 370 g/mol. The number of hydrogen-bond acceptors (Lipinski definition) is 6. The van der Waals surface area contributed by atoms with Crippen molar-refractivity contribution in [1.29, 1.82) is 10.7 Å². The lowest BCUT2D eigenvalue weighted by Crippen LogP contribution is -2.34. The van der Waals surface area contributed by atoms with Crippen LogP contribution in [0.1, 0.15) is 18.1 Å². The van der Waals surface area contributed by atoms with Gasteiger partial charge in [-0.3, -0.25) is 10.2 Å². The van der Waals surface area contributed by atoms with Crippen LogP contribution in [0.2, 0.25) is 0 Å². The van der Waals surface area contributed by atoms with E-state index in [1.54, 1.807) is 19.1 Å². The standard InChI is InChI=1S/C19H19FN4O3/c1-11-6-16(27-10-19(2,9-21)18(25)26-3)24-8-14(11)12-4-5-13(17(22)23)15(20)7-12/h4-8H,10H2,1-3H3,(H3,22,23). The molecule has 0 aliphatic carbocycles. The zero-order chi connectivity index (χ0) is 20.2. The van der Waals surface area contributed by atoms with Crippen molar-refractivity contribution in [2.24, 2.45) is 11.1 Å². The Labute approximate surface area is 156 Å². The van der Waals surface area contributed by atoms with Crippen LogP contribution in [0.4, 0.5) is 4.39 Å². The lowest BCUT2D eigenvalue weighted by molar-refractivity contribution is -0.149. The van der Waals surface area contributed by atoms with Crippen LogP contribution in [0, 0.1) is 34.9 Å². The lowest BCUT2D eigenvalue weighted by Gasteiger charge is -2.19. The summed E-state index contributed by atoms with van der Waals surface area (Å²) in [4.78, 5) is 15.8. The highest BCUT2D eigenvalue weighted by Crippen LogP contribution is 2.27. The minimum Gasteiger partial charge on any atom is -0.475 e. The normalized spacial score (nSPS) is 12.6. The first-order valence-corrected chi connectivity index (χ1v) is 7.95. The molecule has 0 bridgehead atoms. The summed E-state index contributed by atoms with van der Waals surface area (Å²) < 4.78 is 24.1. The number of carbonyl (C=O) groups excluding carboxylic acids is 1. The van der Waals surface area contributed by atoms with Gasteiger partial charge in [0, 0.05) is 17.8 Å². The summed E-state index contributed by atoms with van der Waals surface area (Å²) in [6.07, 6.45) is 1.51. The van der Waals surface area contributed by atoms with Crippen LogP contribution in [0.25, 0.3) is 11.1 Å². The van der Waals surface area contributed by atoms with Crippen molar-refractivity contribution in [3.05, 3.63) is 47.4 Å². The average molecular weight is 370 g/mol. The van der Waals surface area contributed by atoms with Gasteiger partial charge in [0.25, 0.3) is 0 Å². The van der Waals surface area contributed by atoms with Crippen LogP contribution in [0.15, 0.2) is 30.5 Å². The van der Waals surface area contributed by atoms with Crippen LogP contribution in [-0.4, -0.2) is 30.5 Å². The minimum atomic E-state index is -1.45. The topological polar surface area (TPSA) is 122 Å². The molecule has 1 aromatic heterocycles. The molecule has 1 heterocycles. The molecular formula is C19H19FN4O3. The van der Waals surface area contributed by atoms with E-state index in [9.17, 15) is 14.4 Å². The highest BCUT2D eigenvalue weighted by molar-refractivity contribution is 5.95. The summed E-state index contributed by atoms with van der Waals surface area (Å²) in [5.41, 5.74) is 5.91. The molecule has 0 amide bonds. The van der Waals surface area contributed by atoms with E-state index >= 15 is 0 Å². The molecular weight excluding hydrogens is 351 g/mol. The second kappa shape index (κ2) is 7.83.